The molecule has 0 N–H and O–H groups in total. The van der Waals surface area contributed by atoms with E-state index in [0.29, 0.717) is 5.88 Å². The Kier molecular flexibility index (Phi) is 7.35. The molecule has 0 saturated heterocycles. The van der Waals surface area contributed by atoms with E-state index in [0.717, 1.165) is 11.0 Å². The number of hydrogen-bond donors (Lipinski definition) is 0. The first-order valence-electron chi connectivity index (χ1n) is 2.96. The summed E-state index contributed by atoms with van der Waals surface area (Å²) in [5, 5.41) is 0.103. The first kappa shape index (κ1) is 13.4. The van der Waals surface area contributed by atoms with Gasteiger partial charge in [0.15, 0.2) is 0 Å². The van der Waals surface area contributed by atoms with Crippen molar-refractivity contribution in [3.8, 4) is 0 Å². The van der Waals surface area contributed by atoms with Crippen LogP contribution >= 0.6 is 23.2 Å². The lowest BCUT2D eigenvalue weighted by molar-refractivity contribution is -0.869. The second-order valence-electron chi connectivity index (χ2n) is 3.22. The molecule has 0 fully saturated rings. The maximum atomic E-state index is 5.80. The number of nitrogens with zero attached hydrogens (tertiary/aromatic N) is 1. The van der Waals surface area contributed by atoms with Crippen molar-refractivity contribution in [2.75, 3.05) is 33.6 Å². The molecule has 64 valence electrons. The fourth-order valence-corrected chi connectivity index (χ4v) is 1.15. The third-order valence-corrected chi connectivity index (χ3v) is 1.74. The number of hydrogen-bond acceptors (Lipinski definition) is 0. The van der Waals surface area contributed by atoms with Gasteiger partial charge in [0.25, 0.3) is 0 Å². The van der Waals surface area contributed by atoms with Gasteiger partial charge in [0.05, 0.1) is 33.1 Å². The summed E-state index contributed by atoms with van der Waals surface area (Å²) >= 11 is 11.3. The van der Waals surface area contributed by atoms with E-state index >= 15 is 0 Å². The van der Waals surface area contributed by atoms with Crippen molar-refractivity contribution >= 4 is 23.2 Å². The molecule has 10 heavy (non-hydrogen) atoms. The van der Waals surface area contributed by atoms with Gasteiger partial charge >= 0.3 is 0 Å². The number of rotatable bonds is 3. The highest BCUT2D eigenvalue weighted by atomic mass is 35.5. The monoisotopic (exact) mass is 205 g/mol. The molecular weight excluding hydrogens is 192 g/mol. The highest BCUT2D eigenvalue weighted by molar-refractivity contribution is 6.28. The molecule has 1 nitrogen and oxygen atoms in total. The fraction of sp³-hybridized carbons (Fsp3) is 1.00. The Morgan fingerprint density at radius 1 is 1.30 bits per heavy atom. The topological polar surface area (TPSA) is 0 Å². The summed E-state index contributed by atoms with van der Waals surface area (Å²) in [4.78, 5) is 0. The number of halogens is 3. The van der Waals surface area contributed by atoms with E-state index in [9.17, 15) is 0 Å². The maximum absolute atomic E-state index is 5.80. The summed E-state index contributed by atoms with van der Waals surface area (Å²) in [5.74, 6) is 0.539. The minimum absolute atomic E-state index is 0. The van der Waals surface area contributed by atoms with Gasteiger partial charge in [0.2, 0.25) is 0 Å². The smallest absolute Gasteiger partial charge is 0.0960 e. The van der Waals surface area contributed by atoms with Crippen molar-refractivity contribution in [3.05, 3.63) is 0 Å². The Morgan fingerprint density at radius 2 is 1.70 bits per heavy atom. The summed E-state index contributed by atoms with van der Waals surface area (Å²) in [6.07, 6.45) is 0. The molecule has 0 aromatic heterocycles. The van der Waals surface area contributed by atoms with Crippen molar-refractivity contribution < 1.29 is 16.9 Å². The van der Waals surface area contributed by atoms with E-state index in [1.807, 2.05) is 0 Å². The summed E-state index contributed by atoms with van der Waals surface area (Å²) in [6, 6.07) is 0. The normalized spacial score (nSPS) is 14.1. The molecular formula is C6H14Cl3N. The first-order chi connectivity index (χ1) is 3.95. The van der Waals surface area contributed by atoms with Crippen LogP contribution in [0.4, 0.5) is 0 Å². The van der Waals surface area contributed by atoms with E-state index in [1.165, 1.54) is 0 Å². The molecule has 0 aliphatic carbocycles. The quantitative estimate of drug-likeness (QED) is 0.391. The first-order valence-corrected chi connectivity index (χ1v) is 3.93. The standard InChI is InChI=1S/C6H14Cl2N.ClH/c1-9(2,3)5-6(8)4-7;/h6H,4-5H2,1-3H3;1H/q+1;/p-1/t6-;/m0./s1. The molecule has 0 spiro atoms. The van der Waals surface area contributed by atoms with Crippen molar-refractivity contribution in [2.24, 2.45) is 0 Å². The molecule has 4 heteroatoms. The molecule has 0 bridgehead atoms. The number of quaternary nitrogens is 1. The van der Waals surface area contributed by atoms with Crippen LogP contribution in [0.1, 0.15) is 0 Å². The molecule has 0 aliphatic rings. The Labute approximate surface area is 79.3 Å². The highest BCUT2D eigenvalue weighted by Gasteiger charge is 2.13. The van der Waals surface area contributed by atoms with Gasteiger partial charge in [-0.15, -0.1) is 23.2 Å². The summed E-state index contributed by atoms with van der Waals surface area (Å²) in [5.41, 5.74) is 0. The third kappa shape index (κ3) is 8.83. The fourth-order valence-electron chi connectivity index (χ4n) is 0.643. The molecule has 0 rings (SSSR count). The van der Waals surface area contributed by atoms with Gasteiger partial charge in [-0.25, -0.2) is 0 Å². The molecule has 0 heterocycles. The van der Waals surface area contributed by atoms with Crippen LogP contribution in [-0.4, -0.2) is 43.4 Å². The van der Waals surface area contributed by atoms with E-state index in [1.54, 1.807) is 0 Å². The molecule has 1 atom stereocenters. The third-order valence-electron chi connectivity index (χ3n) is 0.913. The van der Waals surface area contributed by atoms with Gasteiger partial charge in [-0.05, 0) is 0 Å². The molecule has 0 aromatic rings. The maximum Gasteiger partial charge on any atom is 0.0960 e. The zero-order valence-corrected chi connectivity index (χ0v) is 8.84. The zero-order valence-electron chi connectivity index (χ0n) is 6.57. The Balaban J connectivity index is 0. The van der Waals surface area contributed by atoms with Gasteiger partial charge in [0.1, 0.15) is 0 Å². The molecule has 0 unspecified atom stereocenters. The van der Waals surface area contributed by atoms with Crippen LogP contribution in [0, 0.1) is 0 Å². The van der Waals surface area contributed by atoms with Crippen molar-refractivity contribution in [1.29, 1.82) is 0 Å². The number of alkyl halides is 2. The lowest BCUT2D eigenvalue weighted by Gasteiger charge is -2.25. The van der Waals surface area contributed by atoms with Crippen LogP contribution in [0.5, 0.6) is 0 Å². The van der Waals surface area contributed by atoms with Gasteiger partial charge in [-0.1, -0.05) is 0 Å². The van der Waals surface area contributed by atoms with Crippen LogP contribution in [0.2, 0.25) is 0 Å². The molecule has 0 amide bonds. The van der Waals surface area contributed by atoms with Crippen LogP contribution in [0.25, 0.3) is 0 Å². The SMILES string of the molecule is C[N+](C)(C)C[C@@H](Cl)CCl.[Cl-]. The van der Waals surface area contributed by atoms with Crippen LogP contribution in [-0.2, 0) is 0 Å². The van der Waals surface area contributed by atoms with Gasteiger partial charge in [0, 0.05) is 5.88 Å². The Morgan fingerprint density at radius 3 is 1.80 bits per heavy atom. The van der Waals surface area contributed by atoms with Crippen LogP contribution in [0.3, 0.4) is 0 Å². The van der Waals surface area contributed by atoms with Gasteiger partial charge < -0.3 is 16.9 Å². The predicted molar refractivity (Wildman–Crippen MR) is 43.3 cm³/mol. The van der Waals surface area contributed by atoms with Gasteiger partial charge in [-0.3, -0.25) is 0 Å². The predicted octanol–water partition coefficient (Wildman–Crippen LogP) is -1.46. The highest BCUT2D eigenvalue weighted by Crippen LogP contribution is 2.03. The van der Waals surface area contributed by atoms with Crippen LogP contribution in [0.15, 0.2) is 0 Å². The molecule has 0 saturated carbocycles. The second kappa shape index (κ2) is 5.48. The van der Waals surface area contributed by atoms with Crippen molar-refractivity contribution in [1.82, 2.24) is 0 Å². The zero-order chi connectivity index (χ0) is 7.49. The largest absolute Gasteiger partial charge is 1.00 e. The van der Waals surface area contributed by atoms with Gasteiger partial charge in [-0.2, -0.15) is 0 Å². The van der Waals surface area contributed by atoms with E-state index in [-0.39, 0.29) is 17.8 Å². The van der Waals surface area contributed by atoms with Crippen molar-refractivity contribution in [3.63, 3.8) is 0 Å². The van der Waals surface area contributed by atoms with E-state index in [4.69, 9.17) is 23.2 Å². The average molecular weight is 207 g/mol. The Hall–Kier alpha value is 0.830. The lowest BCUT2D eigenvalue weighted by atomic mass is 10.4. The minimum atomic E-state index is 0. The summed E-state index contributed by atoms with van der Waals surface area (Å²) in [6.45, 7) is 0.922. The Bertz CT molecular complexity index is 79.6. The van der Waals surface area contributed by atoms with E-state index < -0.39 is 0 Å². The summed E-state index contributed by atoms with van der Waals surface area (Å²) < 4.78 is 0.876. The molecule has 0 aromatic carbocycles. The van der Waals surface area contributed by atoms with E-state index in [2.05, 4.69) is 21.1 Å². The second-order valence-corrected chi connectivity index (χ2v) is 4.15. The summed E-state index contributed by atoms with van der Waals surface area (Å²) in [7, 11) is 6.30. The lowest BCUT2D eigenvalue weighted by Crippen LogP contribution is -3.00. The average Bonchev–Trinajstić information content (AvgIpc) is 1.62. The van der Waals surface area contributed by atoms with Crippen LogP contribution < -0.4 is 12.4 Å². The molecule has 0 radical (unpaired) electrons. The van der Waals surface area contributed by atoms with Crippen molar-refractivity contribution in [2.45, 2.75) is 5.38 Å². The minimum Gasteiger partial charge on any atom is -1.00 e. The molecule has 0 aliphatic heterocycles.